The molecule has 1 aliphatic heterocycles. The molecule has 9 nitrogen and oxygen atoms in total. The van der Waals surface area contributed by atoms with Gasteiger partial charge in [0.05, 0.1) is 25.9 Å². The van der Waals surface area contributed by atoms with Crippen LogP contribution in [0.1, 0.15) is 26.3 Å². The van der Waals surface area contributed by atoms with Gasteiger partial charge in [0, 0.05) is 5.56 Å². The van der Waals surface area contributed by atoms with Gasteiger partial charge >= 0.3 is 12.0 Å². The Balaban J connectivity index is 1.78. The summed E-state index contributed by atoms with van der Waals surface area (Å²) in [5, 5.41) is 15.1. The van der Waals surface area contributed by atoms with E-state index in [9.17, 15) is 24.3 Å². The van der Waals surface area contributed by atoms with E-state index in [1.807, 2.05) is 0 Å². The van der Waals surface area contributed by atoms with E-state index in [4.69, 9.17) is 0 Å². The van der Waals surface area contributed by atoms with Crippen molar-refractivity contribution in [1.29, 1.82) is 0 Å². The summed E-state index contributed by atoms with van der Waals surface area (Å²) in [7, 11) is 1.18. The van der Waals surface area contributed by atoms with E-state index in [1.165, 1.54) is 31.4 Å². The Morgan fingerprint density at radius 1 is 1.21 bits per heavy atom. The van der Waals surface area contributed by atoms with Gasteiger partial charge in [0.2, 0.25) is 5.91 Å². The number of anilines is 1. The second-order valence-electron chi connectivity index (χ2n) is 5.99. The van der Waals surface area contributed by atoms with Crippen molar-refractivity contribution in [2.75, 3.05) is 19.0 Å². The first-order valence-corrected chi connectivity index (χ1v) is 8.29. The molecule has 0 saturated carbocycles. The molecular formula is C19H17N3O6. The van der Waals surface area contributed by atoms with Gasteiger partial charge in [0.1, 0.15) is 5.56 Å². The summed E-state index contributed by atoms with van der Waals surface area (Å²) >= 11 is 0. The highest BCUT2D eigenvalue weighted by atomic mass is 16.5. The molecule has 0 spiro atoms. The van der Waals surface area contributed by atoms with E-state index in [0.29, 0.717) is 5.56 Å². The number of hydrogen-bond acceptors (Lipinski definition) is 6. The van der Waals surface area contributed by atoms with Crippen LogP contribution in [0.25, 0.3) is 0 Å². The summed E-state index contributed by atoms with van der Waals surface area (Å²) in [5.41, 5.74) is 0.818. The highest BCUT2D eigenvalue weighted by molar-refractivity contribution is 6.06. The summed E-state index contributed by atoms with van der Waals surface area (Å²) < 4.78 is 4.58. The van der Waals surface area contributed by atoms with Gasteiger partial charge in [-0.1, -0.05) is 18.2 Å². The monoisotopic (exact) mass is 383 g/mol. The number of phenolic OH excluding ortho intramolecular Hbond substituents is 1. The van der Waals surface area contributed by atoms with Crippen molar-refractivity contribution in [2.24, 2.45) is 0 Å². The fourth-order valence-electron chi connectivity index (χ4n) is 2.72. The molecule has 3 N–H and O–H groups in total. The SMILES string of the molecule is COC(=O)c1cccc(NC(=O)c2cccc(CN3C(=O)CNC3=O)c2)c1O. The van der Waals surface area contributed by atoms with Gasteiger partial charge in [-0.2, -0.15) is 0 Å². The molecule has 0 atom stereocenters. The number of methoxy groups -OCH3 is 1. The van der Waals surface area contributed by atoms with Crippen molar-refractivity contribution in [2.45, 2.75) is 6.54 Å². The quantitative estimate of drug-likeness (QED) is 0.408. The molecule has 0 aliphatic carbocycles. The van der Waals surface area contributed by atoms with E-state index >= 15 is 0 Å². The normalized spacial score (nSPS) is 13.2. The number of nitrogens with zero attached hydrogens (tertiary/aromatic N) is 1. The van der Waals surface area contributed by atoms with Crippen molar-refractivity contribution >= 4 is 29.5 Å². The molecule has 144 valence electrons. The first-order chi connectivity index (χ1) is 13.4. The molecule has 9 heteroatoms. The zero-order chi connectivity index (χ0) is 20.3. The van der Waals surface area contributed by atoms with Crippen molar-refractivity contribution < 1.29 is 29.0 Å². The Morgan fingerprint density at radius 3 is 2.64 bits per heavy atom. The smallest absolute Gasteiger partial charge is 0.341 e. The summed E-state index contributed by atoms with van der Waals surface area (Å²) in [6.07, 6.45) is 0. The lowest BCUT2D eigenvalue weighted by Gasteiger charge is -2.13. The number of imide groups is 1. The Kier molecular flexibility index (Phi) is 5.25. The van der Waals surface area contributed by atoms with Gasteiger partial charge in [0.15, 0.2) is 5.75 Å². The molecule has 3 rings (SSSR count). The zero-order valence-electron chi connectivity index (χ0n) is 14.9. The number of para-hydroxylation sites is 1. The highest BCUT2D eigenvalue weighted by Gasteiger charge is 2.28. The van der Waals surface area contributed by atoms with E-state index in [0.717, 1.165) is 4.90 Å². The van der Waals surface area contributed by atoms with Crippen molar-refractivity contribution in [3.8, 4) is 5.75 Å². The van der Waals surface area contributed by atoms with Crippen molar-refractivity contribution in [1.82, 2.24) is 10.2 Å². The van der Waals surface area contributed by atoms with E-state index in [-0.39, 0.29) is 35.8 Å². The molecule has 0 unspecified atom stereocenters. The number of aromatic hydroxyl groups is 1. The highest BCUT2D eigenvalue weighted by Crippen LogP contribution is 2.28. The first kappa shape index (κ1) is 18.9. The Hall–Kier alpha value is -3.88. The van der Waals surface area contributed by atoms with Crippen LogP contribution in [0, 0.1) is 0 Å². The van der Waals surface area contributed by atoms with Crippen LogP contribution in [0.3, 0.4) is 0 Å². The molecule has 2 aromatic carbocycles. The lowest BCUT2D eigenvalue weighted by Crippen LogP contribution is -2.30. The predicted octanol–water partition coefficient (Wildman–Crippen LogP) is 1.48. The number of nitrogens with one attached hydrogen (secondary N) is 2. The number of benzene rings is 2. The third kappa shape index (κ3) is 3.78. The third-order valence-electron chi connectivity index (χ3n) is 4.16. The Bertz CT molecular complexity index is 956. The van der Waals surface area contributed by atoms with Crippen LogP contribution >= 0.6 is 0 Å². The van der Waals surface area contributed by atoms with Crippen LogP contribution in [-0.2, 0) is 16.1 Å². The second-order valence-corrected chi connectivity index (χ2v) is 5.99. The van der Waals surface area contributed by atoms with Crippen LogP contribution in [0.15, 0.2) is 42.5 Å². The fourth-order valence-corrected chi connectivity index (χ4v) is 2.72. The van der Waals surface area contributed by atoms with E-state index in [1.54, 1.807) is 18.2 Å². The van der Waals surface area contributed by atoms with Gasteiger partial charge in [-0.05, 0) is 29.8 Å². The molecule has 1 saturated heterocycles. The van der Waals surface area contributed by atoms with Crippen LogP contribution in [0.4, 0.5) is 10.5 Å². The molecule has 2 aromatic rings. The predicted molar refractivity (Wildman–Crippen MR) is 97.8 cm³/mol. The standard InChI is InChI=1S/C19H17N3O6/c1-28-18(26)13-6-3-7-14(16(13)24)21-17(25)12-5-2-4-11(8-12)10-22-15(23)9-20-19(22)27/h2-8,24H,9-10H2,1H3,(H,20,27)(H,21,25). The fraction of sp³-hybridized carbons (Fsp3) is 0.158. The number of urea groups is 1. The van der Waals surface area contributed by atoms with E-state index in [2.05, 4.69) is 15.4 Å². The molecule has 1 aliphatic rings. The number of ether oxygens (including phenoxy) is 1. The van der Waals surface area contributed by atoms with Crippen LogP contribution in [0.2, 0.25) is 0 Å². The van der Waals surface area contributed by atoms with Crippen LogP contribution in [-0.4, -0.2) is 47.5 Å². The molecule has 28 heavy (non-hydrogen) atoms. The number of phenols is 1. The third-order valence-corrected chi connectivity index (χ3v) is 4.16. The largest absolute Gasteiger partial charge is 0.505 e. The van der Waals surface area contributed by atoms with E-state index < -0.39 is 23.7 Å². The molecular weight excluding hydrogens is 366 g/mol. The minimum absolute atomic E-state index is 0.0366. The van der Waals surface area contributed by atoms with Crippen LogP contribution < -0.4 is 10.6 Å². The van der Waals surface area contributed by atoms with Gasteiger partial charge in [0.25, 0.3) is 5.91 Å². The topological polar surface area (TPSA) is 125 Å². The zero-order valence-corrected chi connectivity index (χ0v) is 14.9. The molecule has 1 heterocycles. The first-order valence-electron chi connectivity index (χ1n) is 8.29. The molecule has 0 radical (unpaired) electrons. The summed E-state index contributed by atoms with van der Waals surface area (Å²) in [6, 6.07) is 10.2. The number of carbonyl (C=O) groups excluding carboxylic acids is 4. The summed E-state index contributed by atoms with van der Waals surface area (Å²) in [5.74, 6) is -2.01. The Labute approximate surface area is 159 Å². The van der Waals surface area contributed by atoms with Crippen LogP contribution in [0.5, 0.6) is 5.75 Å². The number of rotatable bonds is 5. The second kappa shape index (κ2) is 7.78. The molecule has 0 aromatic heterocycles. The lowest BCUT2D eigenvalue weighted by molar-refractivity contribution is -0.125. The lowest BCUT2D eigenvalue weighted by atomic mass is 10.1. The van der Waals surface area contributed by atoms with Gasteiger partial charge in [-0.3, -0.25) is 14.5 Å². The number of esters is 1. The Morgan fingerprint density at radius 2 is 1.96 bits per heavy atom. The maximum atomic E-state index is 12.5. The summed E-state index contributed by atoms with van der Waals surface area (Å²) in [4.78, 5) is 48.6. The van der Waals surface area contributed by atoms with Crippen molar-refractivity contribution in [3.63, 3.8) is 0 Å². The maximum Gasteiger partial charge on any atom is 0.341 e. The summed E-state index contributed by atoms with van der Waals surface area (Å²) in [6.45, 7) is -0.0102. The molecule has 4 amide bonds. The van der Waals surface area contributed by atoms with Gasteiger partial charge < -0.3 is 20.5 Å². The maximum absolute atomic E-state index is 12.5. The number of hydrogen-bond donors (Lipinski definition) is 3. The average molecular weight is 383 g/mol. The molecule has 1 fully saturated rings. The number of amides is 4. The van der Waals surface area contributed by atoms with Gasteiger partial charge in [-0.15, -0.1) is 0 Å². The molecule has 0 bridgehead atoms. The minimum atomic E-state index is -0.732. The van der Waals surface area contributed by atoms with Crippen molar-refractivity contribution in [3.05, 3.63) is 59.2 Å². The minimum Gasteiger partial charge on any atom is -0.505 e. The van der Waals surface area contributed by atoms with Gasteiger partial charge in [-0.25, -0.2) is 9.59 Å². The average Bonchev–Trinajstić information content (AvgIpc) is 3.01. The number of carbonyl (C=O) groups is 4.